The second-order valence-electron chi connectivity index (χ2n) is 3.80. The van der Waals surface area contributed by atoms with Crippen LogP contribution in [0.4, 0.5) is 0 Å². The van der Waals surface area contributed by atoms with Crippen LogP contribution in [0, 0.1) is 0 Å². The van der Waals surface area contributed by atoms with Gasteiger partial charge in [-0.05, 0) is 48.0 Å². The zero-order valence-electron chi connectivity index (χ0n) is 9.25. The van der Waals surface area contributed by atoms with E-state index in [1.54, 1.807) is 24.3 Å². The minimum atomic E-state index is -0.472. The Hall–Kier alpha value is -2.20. The van der Waals surface area contributed by atoms with Gasteiger partial charge in [-0.15, -0.1) is 10.2 Å². The van der Waals surface area contributed by atoms with Gasteiger partial charge in [-0.1, -0.05) is 12.1 Å². The first-order valence-corrected chi connectivity index (χ1v) is 5.74. The molecule has 1 aromatic heterocycles. The van der Waals surface area contributed by atoms with Crippen molar-refractivity contribution >= 4 is 27.9 Å². The molecule has 0 aliphatic heterocycles. The summed E-state index contributed by atoms with van der Waals surface area (Å²) in [6, 6.07) is 14.4. The number of carbonyl (C=O) groups excluding carboxylic acids is 1. The van der Waals surface area contributed by atoms with Gasteiger partial charge in [0.15, 0.2) is 0 Å². The number of benzene rings is 2. The fraction of sp³-hybridized carbons (Fsp3) is 0. The molecule has 0 aliphatic rings. The fourth-order valence-corrected chi connectivity index (χ4v) is 1.83. The van der Waals surface area contributed by atoms with Crippen LogP contribution in [-0.4, -0.2) is 20.2 Å². The first kappa shape index (κ1) is 10.9. The normalized spacial score (nSPS) is 10.7. The van der Waals surface area contributed by atoms with Crippen LogP contribution >= 0.6 is 11.6 Å². The van der Waals surface area contributed by atoms with Gasteiger partial charge in [0.2, 0.25) is 0 Å². The van der Waals surface area contributed by atoms with Gasteiger partial charge in [0, 0.05) is 5.56 Å². The molecule has 2 aromatic carbocycles. The highest BCUT2D eigenvalue weighted by atomic mass is 35.5. The van der Waals surface area contributed by atoms with Crippen LogP contribution in [0.1, 0.15) is 10.4 Å². The van der Waals surface area contributed by atoms with Gasteiger partial charge in [0.25, 0.3) is 5.24 Å². The van der Waals surface area contributed by atoms with Crippen molar-refractivity contribution in [2.24, 2.45) is 0 Å². The van der Waals surface area contributed by atoms with E-state index >= 15 is 0 Å². The van der Waals surface area contributed by atoms with Crippen molar-refractivity contribution < 1.29 is 4.79 Å². The third kappa shape index (κ3) is 1.87. The molecule has 5 heteroatoms. The van der Waals surface area contributed by atoms with Gasteiger partial charge >= 0.3 is 0 Å². The van der Waals surface area contributed by atoms with Crippen molar-refractivity contribution in [3.05, 3.63) is 54.1 Å². The van der Waals surface area contributed by atoms with Crippen molar-refractivity contribution in [3.63, 3.8) is 0 Å². The molecule has 0 atom stereocenters. The van der Waals surface area contributed by atoms with Crippen LogP contribution in [0.3, 0.4) is 0 Å². The molecule has 0 saturated heterocycles. The van der Waals surface area contributed by atoms with Crippen LogP contribution in [0.25, 0.3) is 16.7 Å². The zero-order valence-corrected chi connectivity index (χ0v) is 10.0. The Kier molecular flexibility index (Phi) is 2.57. The maximum atomic E-state index is 11.0. The minimum Gasteiger partial charge on any atom is -0.276 e. The van der Waals surface area contributed by atoms with E-state index in [1.807, 2.05) is 24.3 Å². The van der Waals surface area contributed by atoms with E-state index < -0.39 is 5.24 Å². The molecule has 1 heterocycles. The number of halogens is 1. The van der Waals surface area contributed by atoms with E-state index in [2.05, 4.69) is 10.2 Å². The van der Waals surface area contributed by atoms with Gasteiger partial charge in [-0.25, -0.2) is 0 Å². The third-order valence-corrected chi connectivity index (χ3v) is 2.83. The lowest BCUT2D eigenvalue weighted by Gasteiger charge is -1.99. The molecule has 4 nitrogen and oxygen atoms in total. The lowest BCUT2D eigenvalue weighted by molar-refractivity contribution is 0.108. The van der Waals surface area contributed by atoms with Crippen LogP contribution in [0.2, 0.25) is 0 Å². The smallest absolute Gasteiger partial charge is 0.252 e. The summed E-state index contributed by atoms with van der Waals surface area (Å²) in [5, 5.41) is 8.22. The first-order chi connectivity index (χ1) is 8.74. The summed E-state index contributed by atoms with van der Waals surface area (Å²) >= 11 is 5.39. The number of nitrogens with zero attached hydrogens (tertiary/aromatic N) is 3. The Balaban J connectivity index is 2.06. The van der Waals surface area contributed by atoms with Crippen molar-refractivity contribution in [1.82, 2.24) is 15.0 Å². The zero-order chi connectivity index (χ0) is 12.5. The molecular weight excluding hydrogens is 250 g/mol. The van der Waals surface area contributed by atoms with Gasteiger partial charge in [-0.2, -0.15) is 4.80 Å². The molecule has 3 rings (SSSR count). The Bertz CT molecular complexity index is 685. The summed E-state index contributed by atoms with van der Waals surface area (Å²) in [5.74, 6) is 0. The maximum absolute atomic E-state index is 11.0. The predicted octanol–water partition coefficient (Wildman–Crippen LogP) is 2.80. The summed E-state index contributed by atoms with van der Waals surface area (Å²) in [6.45, 7) is 0. The number of rotatable bonds is 2. The highest BCUT2D eigenvalue weighted by Gasteiger charge is 2.05. The van der Waals surface area contributed by atoms with E-state index in [1.165, 1.54) is 4.80 Å². The molecule has 0 unspecified atom stereocenters. The topological polar surface area (TPSA) is 47.8 Å². The molecule has 0 saturated carbocycles. The fourth-order valence-electron chi connectivity index (χ4n) is 1.70. The van der Waals surface area contributed by atoms with Crippen LogP contribution in [0.15, 0.2) is 48.5 Å². The maximum Gasteiger partial charge on any atom is 0.252 e. The number of hydrogen-bond donors (Lipinski definition) is 0. The molecule has 0 radical (unpaired) electrons. The standard InChI is InChI=1S/C13H8ClN3O/c14-13(18)9-5-7-10(8-6-9)17-15-11-3-1-2-4-12(11)16-17/h1-8H. The van der Waals surface area contributed by atoms with Gasteiger partial charge in [0.05, 0.1) is 5.69 Å². The van der Waals surface area contributed by atoms with Crippen LogP contribution < -0.4 is 0 Å². The summed E-state index contributed by atoms with van der Waals surface area (Å²) in [6.07, 6.45) is 0. The Morgan fingerprint density at radius 2 is 1.50 bits per heavy atom. The SMILES string of the molecule is O=C(Cl)c1ccc(-n2nc3ccccc3n2)cc1. The third-order valence-electron chi connectivity index (χ3n) is 2.61. The van der Waals surface area contributed by atoms with E-state index in [4.69, 9.17) is 11.6 Å². The molecule has 0 N–H and O–H groups in total. The lowest BCUT2D eigenvalue weighted by atomic mass is 10.2. The summed E-state index contributed by atoms with van der Waals surface area (Å²) in [7, 11) is 0. The number of aromatic nitrogens is 3. The molecule has 0 bridgehead atoms. The Morgan fingerprint density at radius 1 is 0.944 bits per heavy atom. The predicted molar refractivity (Wildman–Crippen MR) is 69.0 cm³/mol. The highest BCUT2D eigenvalue weighted by Crippen LogP contribution is 2.13. The lowest BCUT2D eigenvalue weighted by Crippen LogP contribution is -1.99. The molecule has 18 heavy (non-hydrogen) atoms. The van der Waals surface area contributed by atoms with Gasteiger partial charge in [-0.3, -0.25) is 4.79 Å². The number of fused-ring (bicyclic) bond motifs is 1. The van der Waals surface area contributed by atoms with E-state index in [-0.39, 0.29) is 0 Å². The van der Waals surface area contributed by atoms with Crippen molar-refractivity contribution in [2.75, 3.05) is 0 Å². The van der Waals surface area contributed by atoms with E-state index in [0.29, 0.717) is 5.56 Å². The molecule has 0 amide bonds. The first-order valence-electron chi connectivity index (χ1n) is 5.36. The molecular formula is C13H8ClN3O. The number of hydrogen-bond acceptors (Lipinski definition) is 3. The summed E-state index contributed by atoms with van der Waals surface area (Å²) < 4.78 is 0. The molecule has 0 aliphatic carbocycles. The van der Waals surface area contributed by atoms with Crippen molar-refractivity contribution in [3.8, 4) is 5.69 Å². The highest BCUT2D eigenvalue weighted by molar-refractivity contribution is 6.67. The summed E-state index contributed by atoms with van der Waals surface area (Å²) in [5.41, 5.74) is 2.90. The van der Waals surface area contributed by atoms with Crippen LogP contribution in [0.5, 0.6) is 0 Å². The van der Waals surface area contributed by atoms with E-state index in [9.17, 15) is 4.79 Å². The van der Waals surface area contributed by atoms with E-state index in [0.717, 1.165) is 16.7 Å². The van der Waals surface area contributed by atoms with Crippen molar-refractivity contribution in [2.45, 2.75) is 0 Å². The van der Waals surface area contributed by atoms with Gasteiger partial charge < -0.3 is 0 Å². The second-order valence-corrected chi connectivity index (χ2v) is 4.14. The second kappa shape index (κ2) is 4.23. The summed E-state index contributed by atoms with van der Waals surface area (Å²) in [4.78, 5) is 12.5. The van der Waals surface area contributed by atoms with Crippen molar-refractivity contribution in [1.29, 1.82) is 0 Å². The Labute approximate surface area is 108 Å². The quantitative estimate of drug-likeness (QED) is 0.663. The van der Waals surface area contributed by atoms with Crippen LogP contribution in [-0.2, 0) is 0 Å². The minimum absolute atomic E-state index is 0.456. The largest absolute Gasteiger partial charge is 0.276 e. The Morgan fingerprint density at radius 3 is 2.00 bits per heavy atom. The molecule has 88 valence electrons. The molecule has 0 fully saturated rings. The van der Waals surface area contributed by atoms with Gasteiger partial charge in [0.1, 0.15) is 11.0 Å². The average molecular weight is 258 g/mol. The average Bonchev–Trinajstić information content (AvgIpc) is 2.82. The monoisotopic (exact) mass is 257 g/mol. The molecule has 3 aromatic rings. The molecule has 0 spiro atoms. The number of carbonyl (C=O) groups is 1.